The van der Waals surface area contributed by atoms with Gasteiger partial charge in [0.25, 0.3) is 0 Å². The lowest BCUT2D eigenvalue weighted by molar-refractivity contribution is -0.137. The molecule has 0 aromatic heterocycles. The monoisotopic (exact) mass is 299 g/mol. The molecule has 1 atom stereocenters. The van der Waals surface area contributed by atoms with Gasteiger partial charge in [-0.2, -0.15) is 0 Å². The molecule has 1 unspecified atom stereocenters. The standard InChI is InChI=1S/C17H37N3O/c1-13(2)10-14(3)20(18)11-15(21)19(9)17(7,8)12-16(4,5)6/h13-14H,10-12,18H2,1-9H3. The maximum Gasteiger partial charge on any atom is 0.238 e. The Kier molecular flexibility index (Phi) is 7.37. The number of hydrogen-bond donors (Lipinski definition) is 1. The first-order valence-electron chi connectivity index (χ1n) is 8.04. The summed E-state index contributed by atoms with van der Waals surface area (Å²) < 4.78 is 0. The van der Waals surface area contributed by atoms with E-state index in [1.165, 1.54) is 0 Å². The number of carbonyl (C=O) groups is 1. The molecule has 126 valence electrons. The highest BCUT2D eigenvalue weighted by molar-refractivity contribution is 5.78. The summed E-state index contributed by atoms with van der Waals surface area (Å²) in [6.07, 6.45) is 1.95. The Hall–Kier alpha value is -0.610. The summed E-state index contributed by atoms with van der Waals surface area (Å²) in [6, 6.07) is 0.216. The lowest BCUT2D eigenvalue weighted by Gasteiger charge is -2.41. The first-order chi connectivity index (χ1) is 9.26. The highest BCUT2D eigenvalue weighted by Gasteiger charge is 2.32. The first kappa shape index (κ1) is 20.4. The summed E-state index contributed by atoms with van der Waals surface area (Å²) in [7, 11) is 1.88. The van der Waals surface area contributed by atoms with E-state index in [0.29, 0.717) is 5.92 Å². The van der Waals surface area contributed by atoms with Gasteiger partial charge in [0.05, 0.1) is 6.54 Å². The zero-order valence-corrected chi connectivity index (χ0v) is 15.7. The maximum absolute atomic E-state index is 12.5. The molecule has 0 aliphatic carbocycles. The predicted molar refractivity (Wildman–Crippen MR) is 90.7 cm³/mol. The SMILES string of the molecule is CC(C)CC(C)N(N)CC(=O)N(C)C(C)(C)CC(C)(C)C. The fraction of sp³-hybridized carbons (Fsp3) is 0.941. The van der Waals surface area contributed by atoms with Crippen LogP contribution in [0, 0.1) is 11.3 Å². The third-order valence-corrected chi connectivity index (χ3v) is 3.94. The van der Waals surface area contributed by atoms with Crippen LogP contribution in [-0.2, 0) is 4.79 Å². The van der Waals surface area contributed by atoms with E-state index < -0.39 is 0 Å². The van der Waals surface area contributed by atoms with Gasteiger partial charge >= 0.3 is 0 Å². The molecule has 0 aliphatic rings. The van der Waals surface area contributed by atoms with Crippen LogP contribution in [0.5, 0.6) is 0 Å². The van der Waals surface area contributed by atoms with Crippen molar-refractivity contribution >= 4 is 5.91 Å². The first-order valence-corrected chi connectivity index (χ1v) is 8.04. The second-order valence-electron chi connectivity index (χ2n) is 8.65. The predicted octanol–water partition coefficient (Wildman–Crippen LogP) is 3.27. The molecule has 0 saturated heterocycles. The van der Waals surface area contributed by atoms with Crippen LogP contribution >= 0.6 is 0 Å². The normalized spacial score (nSPS) is 14.7. The molecule has 4 nitrogen and oxygen atoms in total. The number of nitrogens with zero attached hydrogens (tertiary/aromatic N) is 2. The Balaban J connectivity index is 4.64. The number of rotatable bonds is 7. The van der Waals surface area contributed by atoms with E-state index in [9.17, 15) is 4.79 Å². The van der Waals surface area contributed by atoms with Crippen LogP contribution < -0.4 is 5.84 Å². The molecule has 0 spiro atoms. The minimum Gasteiger partial charge on any atom is -0.339 e. The Labute approximate surface area is 132 Å². The van der Waals surface area contributed by atoms with Crippen molar-refractivity contribution in [3.05, 3.63) is 0 Å². The molecule has 2 N–H and O–H groups in total. The average molecular weight is 300 g/mol. The zero-order valence-electron chi connectivity index (χ0n) is 15.7. The Morgan fingerprint density at radius 1 is 1.10 bits per heavy atom. The van der Waals surface area contributed by atoms with E-state index in [-0.39, 0.29) is 29.4 Å². The van der Waals surface area contributed by atoms with Crippen molar-refractivity contribution in [2.24, 2.45) is 17.2 Å². The highest BCUT2D eigenvalue weighted by Crippen LogP contribution is 2.30. The van der Waals surface area contributed by atoms with Gasteiger partial charge in [-0.1, -0.05) is 34.6 Å². The molecule has 0 aromatic rings. The third kappa shape index (κ3) is 7.82. The van der Waals surface area contributed by atoms with Gasteiger partial charge in [-0.3, -0.25) is 10.6 Å². The summed E-state index contributed by atoms with van der Waals surface area (Å²) in [4.78, 5) is 14.3. The quantitative estimate of drug-likeness (QED) is 0.580. The van der Waals surface area contributed by atoms with Crippen LogP contribution in [0.3, 0.4) is 0 Å². The van der Waals surface area contributed by atoms with Crippen molar-refractivity contribution < 1.29 is 4.79 Å². The summed E-state index contributed by atoms with van der Waals surface area (Å²) in [5, 5.41) is 1.67. The number of carbonyl (C=O) groups excluding carboxylic acids is 1. The molecular formula is C17H37N3O. The van der Waals surface area contributed by atoms with Crippen molar-refractivity contribution in [1.29, 1.82) is 0 Å². The minimum atomic E-state index is -0.169. The molecule has 0 aromatic carbocycles. The van der Waals surface area contributed by atoms with Gasteiger partial charge in [-0.05, 0) is 44.9 Å². The molecule has 4 heteroatoms. The van der Waals surface area contributed by atoms with Gasteiger partial charge in [-0.25, -0.2) is 5.01 Å². The number of nitrogens with two attached hydrogens (primary N) is 1. The molecule has 21 heavy (non-hydrogen) atoms. The van der Waals surface area contributed by atoms with Crippen LogP contribution in [0.1, 0.15) is 68.2 Å². The summed E-state index contributed by atoms with van der Waals surface area (Å²) in [5.74, 6) is 6.73. The largest absolute Gasteiger partial charge is 0.339 e. The van der Waals surface area contributed by atoms with Crippen molar-refractivity contribution in [2.45, 2.75) is 79.8 Å². The summed E-state index contributed by atoms with van der Waals surface area (Å²) >= 11 is 0. The number of hydrogen-bond acceptors (Lipinski definition) is 3. The second kappa shape index (κ2) is 7.59. The van der Waals surface area contributed by atoms with E-state index in [1.54, 1.807) is 5.01 Å². The van der Waals surface area contributed by atoms with Gasteiger partial charge in [0.15, 0.2) is 0 Å². The Bertz CT molecular complexity index is 331. The van der Waals surface area contributed by atoms with Gasteiger partial charge < -0.3 is 4.90 Å². The zero-order chi connectivity index (χ0) is 17.0. The highest BCUT2D eigenvalue weighted by atomic mass is 16.2. The molecule has 0 heterocycles. The number of amides is 1. The molecule has 0 radical (unpaired) electrons. The van der Waals surface area contributed by atoms with E-state index in [0.717, 1.165) is 12.8 Å². The Morgan fingerprint density at radius 3 is 1.95 bits per heavy atom. The second-order valence-corrected chi connectivity index (χ2v) is 8.65. The van der Waals surface area contributed by atoms with Crippen LogP contribution in [0.2, 0.25) is 0 Å². The minimum absolute atomic E-state index is 0.0855. The lowest BCUT2D eigenvalue weighted by Crippen LogP contribution is -2.53. The number of hydrazine groups is 1. The molecule has 0 fully saturated rings. The van der Waals surface area contributed by atoms with Crippen molar-refractivity contribution in [3.63, 3.8) is 0 Å². The fourth-order valence-corrected chi connectivity index (χ4v) is 2.99. The fourth-order valence-electron chi connectivity index (χ4n) is 2.99. The average Bonchev–Trinajstić information content (AvgIpc) is 2.23. The summed E-state index contributed by atoms with van der Waals surface area (Å²) in [5.41, 5.74) is 0.0167. The van der Waals surface area contributed by atoms with Crippen molar-refractivity contribution in [3.8, 4) is 0 Å². The van der Waals surface area contributed by atoms with E-state index >= 15 is 0 Å². The van der Waals surface area contributed by atoms with Gasteiger partial charge in [-0.15, -0.1) is 0 Å². The molecule has 0 saturated carbocycles. The van der Waals surface area contributed by atoms with Crippen LogP contribution in [0.15, 0.2) is 0 Å². The van der Waals surface area contributed by atoms with Crippen molar-refractivity contribution in [2.75, 3.05) is 13.6 Å². The smallest absolute Gasteiger partial charge is 0.238 e. The topological polar surface area (TPSA) is 49.6 Å². The number of likely N-dealkylation sites (N-methyl/N-ethyl adjacent to an activating group) is 1. The van der Waals surface area contributed by atoms with Crippen molar-refractivity contribution in [1.82, 2.24) is 9.91 Å². The third-order valence-electron chi connectivity index (χ3n) is 3.94. The van der Waals surface area contributed by atoms with Gasteiger partial charge in [0.1, 0.15) is 0 Å². The molecular weight excluding hydrogens is 262 g/mol. The van der Waals surface area contributed by atoms with E-state index in [4.69, 9.17) is 5.84 Å². The van der Waals surface area contributed by atoms with Gasteiger partial charge in [0, 0.05) is 18.6 Å². The Morgan fingerprint density at radius 2 is 1.57 bits per heavy atom. The summed E-state index contributed by atoms with van der Waals surface area (Å²) in [6.45, 7) is 17.5. The maximum atomic E-state index is 12.5. The van der Waals surface area contributed by atoms with E-state index in [1.807, 2.05) is 11.9 Å². The lowest BCUT2D eigenvalue weighted by atomic mass is 9.81. The van der Waals surface area contributed by atoms with Crippen LogP contribution in [-0.4, -0.2) is 41.0 Å². The van der Waals surface area contributed by atoms with Gasteiger partial charge in [0.2, 0.25) is 5.91 Å². The van der Waals surface area contributed by atoms with E-state index in [2.05, 4.69) is 55.4 Å². The van der Waals surface area contributed by atoms with Crippen LogP contribution in [0.4, 0.5) is 0 Å². The molecule has 0 rings (SSSR count). The molecule has 0 aliphatic heterocycles. The molecule has 0 bridgehead atoms. The molecule has 1 amide bonds. The van der Waals surface area contributed by atoms with Crippen LogP contribution in [0.25, 0.3) is 0 Å².